The summed E-state index contributed by atoms with van der Waals surface area (Å²) < 4.78 is 5.37. The van der Waals surface area contributed by atoms with E-state index in [0.717, 1.165) is 18.1 Å². The molecule has 0 aromatic carbocycles. The van der Waals surface area contributed by atoms with E-state index >= 15 is 0 Å². The number of rotatable bonds is 4. The van der Waals surface area contributed by atoms with Crippen LogP contribution in [0.5, 0.6) is 0 Å². The van der Waals surface area contributed by atoms with Gasteiger partial charge in [0.2, 0.25) is 5.89 Å². The molecular weight excluding hydrogens is 226 g/mol. The Morgan fingerprint density at radius 2 is 1.83 bits per heavy atom. The first kappa shape index (κ1) is 12.2. The van der Waals surface area contributed by atoms with Crippen molar-refractivity contribution in [2.45, 2.75) is 69.7 Å². The molecule has 0 amide bonds. The predicted octanol–water partition coefficient (Wildman–Crippen LogP) is 2.79. The summed E-state index contributed by atoms with van der Waals surface area (Å²) in [5.41, 5.74) is 6.10. The smallest absolute Gasteiger partial charge is 0.228 e. The van der Waals surface area contributed by atoms with Gasteiger partial charge < -0.3 is 10.3 Å². The Morgan fingerprint density at radius 1 is 1.11 bits per heavy atom. The van der Waals surface area contributed by atoms with Gasteiger partial charge in [-0.05, 0) is 31.6 Å². The summed E-state index contributed by atoms with van der Waals surface area (Å²) in [6, 6.07) is 0.215. The van der Waals surface area contributed by atoms with Crippen LogP contribution >= 0.6 is 0 Å². The second kappa shape index (κ2) is 5.39. The fraction of sp³-hybridized carbons (Fsp3) is 0.857. The summed E-state index contributed by atoms with van der Waals surface area (Å²) >= 11 is 0. The Hall–Kier alpha value is -0.900. The Labute approximate surface area is 108 Å². The highest BCUT2D eigenvalue weighted by Crippen LogP contribution is 2.33. The van der Waals surface area contributed by atoms with Crippen molar-refractivity contribution in [1.82, 2.24) is 10.1 Å². The molecule has 4 nitrogen and oxygen atoms in total. The maximum absolute atomic E-state index is 6.10. The van der Waals surface area contributed by atoms with E-state index < -0.39 is 0 Å². The first-order valence-electron chi connectivity index (χ1n) is 7.41. The van der Waals surface area contributed by atoms with Gasteiger partial charge in [0, 0.05) is 18.4 Å². The van der Waals surface area contributed by atoms with Gasteiger partial charge in [0.15, 0.2) is 5.82 Å². The minimum absolute atomic E-state index is 0.215. The average molecular weight is 249 g/mol. The Kier molecular flexibility index (Phi) is 3.64. The molecule has 2 aliphatic rings. The fourth-order valence-electron chi connectivity index (χ4n) is 2.95. The molecule has 100 valence electrons. The molecule has 0 spiro atoms. The van der Waals surface area contributed by atoms with Gasteiger partial charge in [-0.25, -0.2) is 0 Å². The van der Waals surface area contributed by atoms with Gasteiger partial charge in [-0.3, -0.25) is 0 Å². The lowest BCUT2D eigenvalue weighted by atomic mass is 10.00. The molecule has 2 saturated carbocycles. The molecule has 2 N–H and O–H groups in total. The van der Waals surface area contributed by atoms with Crippen LogP contribution in [0.1, 0.15) is 69.0 Å². The Bertz CT molecular complexity index is 378. The zero-order valence-electron chi connectivity index (χ0n) is 11.0. The molecule has 1 aromatic rings. The van der Waals surface area contributed by atoms with Crippen molar-refractivity contribution < 1.29 is 4.52 Å². The molecular formula is C14H23N3O. The van der Waals surface area contributed by atoms with Gasteiger partial charge in [-0.2, -0.15) is 4.98 Å². The van der Waals surface area contributed by atoms with E-state index in [9.17, 15) is 0 Å². The Morgan fingerprint density at radius 3 is 2.50 bits per heavy atom. The second-order valence-electron chi connectivity index (χ2n) is 5.94. The van der Waals surface area contributed by atoms with E-state index in [0.29, 0.717) is 11.8 Å². The molecule has 4 heteroatoms. The van der Waals surface area contributed by atoms with Crippen molar-refractivity contribution in [2.24, 2.45) is 11.7 Å². The quantitative estimate of drug-likeness (QED) is 0.833. The molecule has 0 aliphatic heterocycles. The van der Waals surface area contributed by atoms with E-state index in [4.69, 9.17) is 10.3 Å². The number of nitrogens with two attached hydrogens (primary N) is 1. The molecule has 2 aliphatic carbocycles. The second-order valence-corrected chi connectivity index (χ2v) is 5.94. The van der Waals surface area contributed by atoms with Crippen molar-refractivity contribution in [2.75, 3.05) is 0 Å². The summed E-state index contributed by atoms with van der Waals surface area (Å²) in [6.45, 7) is 0. The summed E-state index contributed by atoms with van der Waals surface area (Å²) in [5, 5.41) is 4.17. The number of aromatic nitrogens is 2. The van der Waals surface area contributed by atoms with Crippen molar-refractivity contribution in [3.63, 3.8) is 0 Å². The topological polar surface area (TPSA) is 64.9 Å². The van der Waals surface area contributed by atoms with Crippen LogP contribution in [0, 0.1) is 5.92 Å². The van der Waals surface area contributed by atoms with E-state index in [1.54, 1.807) is 0 Å². The molecule has 1 aromatic heterocycles. The average Bonchev–Trinajstić information content (AvgIpc) is 3.16. The van der Waals surface area contributed by atoms with E-state index in [1.807, 2.05) is 0 Å². The highest BCUT2D eigenvalue weighted by Gasteiger charge is 2.30. The molecule has 2 fully saturated rings. The summed E-state index contributed by atoms with van der Waals surface area (Å²) in [5.74, 6) is 2.88. The van der Waals surface area contributed by atoms with Gasteiger partial charge in [-0.15, -0.1) is 0 Å². The highest BCUT2D eigenvalue weighted by molar-refractivity contribution is 4.98. The number of nitrogens with zero attached hydrogens (tertiary/aromatic N) is 2. The maximum atomic E-state index is 6.10. The van der Waals surface area contributed by atoms with Gasteiger partial charge in [-0.1, -0.05) is 30.8 Å². The number of hydrogen-bond acceptors (Lipinski definition) is 4. The molecule has 0 radical (unpaired) electrons. The van der Waals surface area contributed by atoms with Crippen LogP contribution in [0.25, 0.3) is 0 Å². The molecule has 1 unspecified atom stereocenters. The van der Waals surface area contributed by atoms with E-state index in [2.05, 4.69) is 10.1 Å². The van der Waals surface area contributed by atoms with Crippen molar-refractivity contribution in [1.29, 1.82) is 0 Å². The third-order valence-corrected chi connectivity index (χ3v) is 4.34. The van der Waals surface area contributed by atoms with Crippen LogP contribution in [0.3, 0.4) is 0 Å². The molecule has 3 rings (SSSR count). The van der Waals surface area contributed by atoms with Crippen LogP contribution in [0.2, 0.25) is 0 Å². The highest BCUT2D eigenvalue weighted by atomic mass is 16.5. The first-order valence-corrected chi connectivity index (χ1v) is 7.41. The molecule has 0 saturated heterocycles. The van der Waals surface area contributed by atoms with Crippen molar-refractivity contribution >= 4 is 0 Å². The zero-order chi connectivity index (χ0) is 12.4. The SMILES string of the molecule is NC(Cc1nc(C2CCCCCC2)no1)C1CC1. The standard InChI is InChI=1S/C14H23N3O/c15-12(10-7-8-10)9-13-16-14(17-18-13)11-5-3-1-2-4-6-11/h10-12H,1-9,15H2. The lowest BCUT2D eigenvalue weighted by molar-refractivity contribution is 0.354. The van der Waals surface area contributed by atoms with Gasteiger partial charge in [0.05, 0.1) is 0 Å². The third kappa shape index (κ3) is 2.91. The van der Waals surface area contributed by atoms with E-state index in [-0.39, 0.29) is 6.04 Å². The lowest BCUT2D eigenvalue weighted by Crippen LogP contribution is -2.25. The number of hydrogen-bond donors (Lipinski definition) is 1. The summed E-state index contributed by atoms with van der Waals surface area (Å²) in [6.07, 6.45) is 11.0. The third-order valence-electron chi connectivity index (χ3n) is 4.34. The van der Waals surface area contributed by atoms with Gasteiger partial charge >= 0.3 is 0 Å². The van der Waals surface area contributed by atoms with Crippen LogP contribution < -0.4 is 5.73 Å². The van der Waals surface area contributed by atoms with Crippen molar-refractivity contribution in [3.05, 3.63) is 11.7 Å². The normalized spacial score (nSPS) is 23.8. The van der Waals surface area contributed by atoms with E-state index in [1.165, 1.54) is 51.4 Å². The zero-order valence-corrected chi connectivity index (χ0v) is 11.0. The van der Waals surface area contributed by atoms with Crippen molar-refractivity contribution in [3.8, 4) is 0 Å². The van der Waals surface area contributed by atoms with Gasteiger partial charge in [0.1, 0.15) is 0 Å². The minimum Gasteiger partial charge on any atom is -0.339 e. The molecule has 1 atom stereocenters. The van der Waals surface area contributed by atoms with Crippen LogP contribution in [0.15, 0.2) is 4.52 Å². The molecule has 0 bridgehead atoms. The molecule has 18 heavy (non-hydrogen) atoms. The van der Waals surface area contributed by atoms with Crippen LogP contribution in [-0.4, -0.2) is 16.2 Å². The largest absolute Gasteiger partial charge is 0.339 e. The van der Waals surface area contributed by atoms with Crippen LogP contribution in [-0.2, 0) is 6.42 Å². The van der Waals surface area contributed by atoms with Gasteiger partial charge in [0.25, 0.3) is 0 Å². The minimum atomic E-state index is 0.215. The fourth-order valence-corrected chi connectivity index (χ4v) is 2.95. The van der Waals surface area contributed by atoms with Crippen LogP contribution in [0.4, 0.5) is 0 Å². The predicted molar refractivity (Wildman–Crippen MR) is 69.1 cm³/mol. The molecule has 1 heterocycles. The summed E-state index contributed by atoms with van der Waals surface area (Å²) in [7, 11) is 0. The monoisotopic (exact) mass is 249 g/mol. The lowest BCUT2D eigenvalue weighted by Gasteiger charge is -2.07. The first-order chi connectivity index (χ1) is 8.83. The maximum Gasteiger partial charge on any atom is 0.228 e. The summed E-state index contributed by atoms with van der Waals surface area (Å²) in [4.78, 5) is 4.57. The Balaban J connectivity index is 1.60.